The molecule has 110 valence electrons. The van der Waals surface area contributed by atoms with Crippen molar-refractivity contribution in [2.24, 2.45) is 0 Å². The Kier molecular flexibility index (Phi) is 3.09. The van der Waals surface area contributed by atoms with Crippen LogP contribution in [0.4, 0.5) is 5.95 Å². The standard InChI is InChI=1S/C15H19N5O/c1-10-8-16-15(17-9-10)20-6-4-11(5-7-20)13-18-14(21-19-13)12-2-3-12/h8-9,11-12H,2-7H2,1H3. The zero-order valence-corrected chi connectivity index (χ0v) is 12.2. The van der Waals surface area contributed by atoms with Crippen molar-refractivity contribution in [3.8, 4) is 0 Å². The summed E-state index contributed by atoms with van der Waals surface area (Å²) in [4.78, 5) is 15.6. The summed E-state index contributed by atoms with van der Waals surface area (Å²) < 4.78 is 5.37. The Hall–Kier alpha value is -1.98. The van der Waals surface area contributed by atoms with Gasteiger partial charge in [0.2, 0.25) is 11.8 Å². The molecule has 0 atom stereocenters. The van der Waals surface area contributed by atoms with Crippen molar-refractivity contribution < 1.29 is 4.52 Å². The van der Waals surface area contributed by atoms with Gasteiger partial charge in [0.15, 0.2) is 5.82 Å². The van der Waals surface area contributed by atoms with Crippen molar-refractivity contribution in [3.63, 3.8) is 0 Å². The maximum Gasteiger partial charge on any atom is 0.229 e. The summed E-state index contributed by atoms with van der Waals surface area (Å²) in [6.07, 6.45) is 8.20. The van der Waals surface area contributed by atoms with Crippen molar-refractivity contribution in [3.05, 3.63) is 29.7 Å². The summed E-state index contributed by atoms with van der Waals surface area (Å²) >= 11 is 0. The van der Waals surface area contributed by atoms with Gasteiger partial charge < -0.3 is 9.42 Å². The molecule has 3 heterocycles. The number of hydrogen-bond acceptors (Lipinski definition) is 6. The molecule has 2 aliphatic rings. The van der Waals surface area contributed by atoms with Crippen molar-refractivity contribution in [1.29, 1.82) is 0 Å². The summed E-state index contributed by atoms with van der Waals surface area (Å²) in [6, 6.07) is 0. The van der Waals surface area contributed by atoms with E-state index in [-0.39, 0.29) is 0 Å². The first-order chi connectivity index (χ1) is 10.3. The Balaban J connectivity index is 1.40. The summed E-state index contributed by atoms with van der Waals surface area (Å²) in [5, 5.41) is 4.17. The third-order valence-electron chi connectivity index (χ3n) is 4.29. The first-order valence-corrected chi connectivity index (χ1v) is 7.66. The topological polar surface area (TPSA) is 67.9 Å². The van der Waals surface area contributed by atoms with Gasteiger partial charge in [-0.3, -0.25) is 0 Å². The molecule has 0 unspecified atom stereocenters. The lowest BCUT2D eigenvalue weighted by atomic mass is 9.96. The van der Waals surface area contributed by atoms with E-state index in [2.05, 4.69) is 25.0 Å². The van der Waals surface area contributed by atoms with Gasteiger partial charge in [-0.25, -0.2) is 9.97 Å². The molecular weight excluding hydrogens is 266 g/mol. The highest BCUT2D eigenvalue weighted by Gasteiger charge is 2.32. The number of hydrogen-bond donors (Lipinski definition) is 0. The van der Waals surface area contributed by atoms with E-state index in [0.29, 0.717) is 11.8 Å². The quantitative estimate of drug-likeness (QED) is 0.862. The lowest BCUT2D eigenvalue weighted by Crippen LogP contribution is -2.34. The van der Waals surface area contributed by atoms with E-state index in [9.17, 15) is 0 Å². The zero-order valence-electron chi connectivity index (χ0n) is 12.2. The van der Waals surface area contributed by atoms with Crippen LogP contribution in [0.3, 0.4) is 0 Å². The molecule has 4 rings (SSSR count). The van der Waals surface area contributed by atoms with E-state index in [4.69, 9.17) is 4.52 Å². The number of anilines is 1. The smallest absolute Gasteiger partial charge is 0.229 e. The number of rotatable bonds is 3. The molecule has 1 aliphatic heterocycles. The molecule has 0 bridgehead atoms. The van der Waals surface area contributed by atoms with Crippen LogP contribution in [-0.4, -0.2) is 33.2 Å². The lowest BCUT2D eigenvalue weighted by molar-refractivity contribution is 0.364. The second-order valence-corrected chi connectivity index (χ2v) is 6.09. The molecule has 1 aliphatic carbocycles. The highest BCUT2D eigenvalue weighted by molar-refractivity contribution is 5.30. The van der Waals surface area contributed by atoms with E-state index in [1.54, 1.807) is 0 Å². The Bertz CT molecular complexity index is 611. The molecule has 21 heavy (non-hydrogen) atoms. The average molecular weight is 285 g/mol. The van der Waals surface area contributed by atoms with E-state index in [0.717, 1.165) is 49.2 Å². The minimum Gasteiger partial charge on any atom is -0.341 e. The molecule has 2 aromatic heterocycles. The van der Waals surface area contributed by atoms with Gasteiger partial charge in [-0.2, -0.15) is 4.98 Å². The molecule has 1 saturated carbocycles. The molecule has 0 N–H and O–H groups in total. The first-order valence-electron chi connectivity index (χ1n) is 7.66. The Morgan fingerprint density at radius 1 is 1.05 bits per heavy atom. The fraction of sp³-hybridized carbons (Fsp3) is 0.600. The van der Waals surface area contributed by atoms with Crippen LogP contribution in [0.25, 0.3) is 0 Å². The maximum absolute atomic E-state index is 5.37. The van der Waals surface area contributed by atoms with Gasteiger partial charge in [0, 0.05) is 37.3 Å². The van der Waals surface area contributed by atoms with Crippen LogP contribution in [-0.2, 0) is 0 Å². The minimum atomic E-state index is 0.406. The van der Waals surface area contributed by atoms with Gasteiger partial charge in [0.25, 0.3) is 0 Å². The second-order valence-electron chi connectivity index (χ2n) is 6.09. The second kappa shape index (κ2) is 5.09. The monoisotopic (exact) mass is 285 g/mol. The molecule has 1 saturated heterocycles. The molecule has 0 aromatic carbocycles. The van der Waals surface area contributed by atoms with Crippen molar-refractivity contribution in [2.45, 2.75) is 44.4 Å². The van der Waals surface area contributed by atoms with E-state index in [1.165, 1.54) is 12.8 Å². The highest BCUT2D eigenvalue weighted by Crippen LogP contribution is 2.39. The minimum absolute atomic E-state index is 0.406. The van der Waals surface area contributed by atoms with Crippen molar-refractivity contribution >= 4 is 5.95 Å². The van der Waals surface area contributed by atoms with Crippen LogP contribution in [0.1, 0.15) is 54.8 Å². The van der Waals surface area contributed by atoms with Crippen LogP contribution in [0.2, 0.25) is 0 Å². The highest BCUT2D eigenvalue weighted by atomic mass is 16.5. The molecule has 0 spiro atoms. The normalized spacial score (nSPS) is 20.0. The van der Waals surface area contributed by atoms with E-state index in [1.807, 2.05) is 19.3 Å². The van der Waals surface area contributed by atoms with Gasteiger partial charge in [-0.1, -0.05) is 5.16 Å². The molecule has 2 fully saturated rings. The summed E-state index contributed by atoms with van der Waals surface area (Å²) in [5.74, 6) is 3.50. The first kappa shape index (κ1) is 12.7. The average Bonchev–Trinajstić information content (AvgIpc) is 3.26. The molecule has 0 amide bonds. The fourth-order valence-corrected chi connectivity index (χ4v) is 2.80. The van der Waals surface area contributed by atoms with Gasteiger partial charge in [-0.05, 0) is 38.2 Å². The molecule has 6 nitrogen and oxygen atoms in total. The third kappa shape index (κ3) is 2.62. The van der Waals surface area contributed by atoms with E-state index < -0.39 is 0 Å². The zero-order chi connectivity index (χ0) is 14.2. The van der Waals surface area contributed by atoms with Crippen LogP contribution >= 0.6 is 0 Å². The van der Waals surface area contributed by atoms with Gasteiger partial charge in [0.1, 0.15) is 0 Å². The van der Waals surface area contributed by atoms with Crippen molar-refractivity contribution in [1.82, 2.24) is 20.1 Å². The maximum atomic E-state index is 5.37. The summed E-state index contributed by atoms with van der Waals surface area (Å²) in [7, 11) is 0. The van der Waals surface area contributed by atoms with E-state index >= 15 is 0 Å². The Morgan fingerprint density at radius 2 is 1.76 bits per heavy atom. The van der Waals surface area contributed by atoms with Crippen LogP contribution in [0, 0.1) is 6.92 Å². The van der Waals surface area contributed by atoms with Crippen LogP contribution in [0.15, 0.2) is 16.9 Å². The van der Waals surface area contributed by atoms with Gasteiger partial charge in [-0.15, -0.1) is 0 Å². The van der Waals surface area contributed by atoms with Gasteiger partial charge >= 0.3 is 0 Å². The van der Waals surface area contributed by atoms with Crippen LogP contribution < -0.4 is 4.90 Å². The molecule has 2 aromatic rings. The Labute approximate surface area is 123 Å². The lowest BCUT2D eigenvalue weighted by Gasteiger charge is -2.30. The molecule has 6 heteroatoms. The summed E-state index contributed by atoms with van der Waals surface area (Å²) in [5.41, 5.74) is 1.09. The molecule has 0 radical (unpaired) electrons. The van der Waals surface area contributed by atoms with Gasteiger partial charge in [0.05, 0.1) is 0 Å². The number of aromatic nitrogens is 4. The van der Waals surface area contributed by atoms with Crippen LogP contribution in [0.5, 0.6) is 0 Å². The van der Waals surface area contributed by atoms with Crippen molar-refractivity contribution in [2.75, 3.05) is 18.0 Å². The number of aryl methyl sites for hydroxylation is 1. The predicted octanol–water partition coefficient (Wildman–Crippen LogP) is 2.43. The Morgan fingerprint density at radius 3 is 2.43 bits per heavy atom. The third-order valence-corrected chi connectivity index (χ3v) is 4.29. The fourth-order valence-electron chi connectivity index (χ4n) is 2.80. The predicted molar refractivity (Wildman–Crippen MR) is 77.2 cm³/mol. The number of nitrogens with zero attached hydrogens (tertiary/aromatic N) is 5. The largest absolute Gasteiger partial charge is 0.341 e. The summed E-state index contributed by atoms with van der Waals surface area (Å²) in [6.45, 7) is 3.89. The SMILES string of the molecule is Cc1cnc(N2CCC(c3noc(C4CC4)n3)CC2)nc1. The molecular formula is C15H19N5O. The number of piperidine rings is 1.